The highest BCUT2D eigenvalue weighted by Crippen LogP contribution is 2.09. The molecule has 0 aromatic rings. The molecule has 68 valence electrons. The minimum Gasteiger partial charge on any atom is -0.378 e. The van der Waals surface area contributed by atoms with E-state index in [9.17, 15) is 4.53 Å². The van der Waals surface area contributed by atoms with Gasteiger partial charge in [-0.15, -0.1) is 0 Å². The number of unbranched alkanes of at least 4 members (excludes halogenated alkanes) is 1. The molecule has 0 N–H and O–H groups in total. The van der Waals surface area contributed by atoms with E-state index in [4.69, 9.17) is 4.74 Å². The molecule has 0 saturated carbocycles. The van der Waals surface area contributed by atoms with Crippen LogP contribution in [0.2, 0.25) is 0 Å². The van der Waals surface area contributed by atoms with Crippen molar-refractivity contribution < 1.29 is 14.2 Å². The van der Waals surface area contributed by atoms with E-state index >= 15 is 0 Å². The number of ether oxygens (including phenoxy) is 1. The summed E-state index contributed by atoms with van der Waals surface area (Å²) >= 11 is 0. The first kappa shape index (κ1) is 10.8. The topological polar surface area (TPSA) is 18.5 Å². The number of rotatable bonds is 6. The zero-order valence-electron chi connectivity index (χ0n) is 7.52. The molecule has 0 aliphatic heterocycles. The van der Waals surface area contributed by atoms with Gasteiger partial charge in [-0.25, -0.2) is 0 Å². The van der Waals surface area contributed by atoms with Gasteiger partial charge in [0, 0.05) is 6.61 Å². The third kappa shape index (κ3) is 6.26. The first-order chi connectivity index (χ1) is 5.12. The third-order valence-electron chi connectivity index (χ3n) is 1.30. The summed E-state index contributed by atoms with van der Waals surface area (Å²) in [4.78, 5) is 3.69. The first-order valence-corrected chi connectivity index (χ1v) is 4.00. The van der Waals surface area contributed by atoms with Crippen molar-refractivity contribution in [3.05, 3.63) is 0 Å². The fourth-order valence-corrected chi connectivity index (χ4v) is 0.587. The van der Waals surface area contributed by atoms with Crippen molar-refractivity contribution in [2.45, 2.75) is 39.2 Å². The van der Waals surface area contributed by atoms with Gasteiger partial charge in [-0.1, -0.05) is 13.3 Å². The molecule has 0 bridgehead atoms. The monoisotopic (exact) mass is 164 g/mol. The van der Waals surface area contributed by atoms with E-state index in [2.05, 4.69) is 11.9 Å². The first-order valence-electron chi connectivity index (χ1n) is 4.00. The van der Waals surface area contributed by atoms with Crippen LogP contribution >= 0.6 is 0 Å². The minimum atomic E-state index is -0.798. The smallest absolute Gasteiger partial charge is 0.126 e. The van der Waals surface area contributed by atoms with Crippen LogP contribution < -0.4 is 0 Å². The summed E-state index contributed by atoms with van der Waals surface area (Å²) in [5, 5.41) is 0. The molecule has 0 radical (unpaired) electrons. The van der Waals surface area contributed by atoms with Crippen molar-refractivity contribution in [1.82, 2.24) is 0 Å². The molecular weight excluding hydrogens is 147 g/mol. The van der Waals surface area contributed by atoms with Crippen molar-refractivity contribution in [2.75, 3.05) is 13.2 Å². The third-order valence-corrected chi connectivity index (χ3v) is 1.30. The molecule has 0 aromatic heterocycles. The van der Waals surface area contributed by atoms with Crippen molar-refractivity contribution in [3.63, 3.8) is 0 Å². The van der Waals surface area contributed by atoms with Gasteiger partial charge in [0.1, 0.15) is 5.60 Å². The Labute approximate surface area is 67.6 Å². The van der Waals surface area contributed by atoms with E-state index in [1.165, 1.54) is 0 Å². The number of hydrogen-bond donors (Lipinski definition) is 0. The minimum absolute atomic E-state index is 0.309. The van der Waals surface area contributed by atoms with Crippen LogP contribution in [0.5, 0.6) is 0 Å². The molecule has 0 aliphatic carbocycles. The maximum Gasteiger partial charge on any atom is 0.126 e. The van der Waals surface area contributed by atoms with Gasteiger partial charge < -0.3 is 4.74 Å². The van der Waals surface area contributed by atoms with Crippen LogP contribution in [-0.4, -0.2) is 18.8 Å². The fraction of sp³-hybridized carbons (Fsp3) is 1.00. The molecule has 11 heavy (non-hydrogen) atoms. The Morgan fingerprint density at radius 2 is 2.00 bits per heavy atom. The van der Waals surface area contributed by atoms with Gasteiger partial charge in [0.05, 0.1) is 6.61 Å². The lowest BCUT2D eigenvalue weighted by molar-refractivity contribution is -0.238. The molecule has 0 aromatic carbocycles. The van der Waals surface area contributed by atoms with Gasteiger partial charge in [0.15, 0.2) is 0 Å². The fourth-order valence-electron chi connectivity index (χ4n) is 0.587. The van der Waals surface area contributed by atoms with Crippen molar-refractivity contribution in [3.8, 4) is 0 Å². The molecule has 2 nitrogen and oxygen atoms in total. The summed E-state index contributed by atoms with van der Waals surface area (Å²) in [6.07, 6.45) is 2.11. The van der Waals surface area contributed by atoms with Crippen LogP contribution in [0, 0.1) is 0 Å². The maximum absolute atomic E-state index is 11.7. The molecule has 0 spiro atoms. The molecule has 0 saturated heterocycles. The van der Waals surface area contributed by atoms with Crippen LogP contribution in [0.4, 0.5) is 4.53 Å². The van der Waals surface area contributed by atoms with Crippen LogP contribution in [0.15, 0.2) is 0 Å². The predicted molar refractivity (Wildman–Crippen MR) is 42.0 cm³/mol. The number of hydrogen-bond acceptors (Lipinski definition) is 2. The van der Waals surface area contributed by atoms with Crippen LogP contribution in [0.25, 0.3) is 0 Å². The zero-order chi connectivity index (χ0) is 8.74. The van der Waals surface area contributed by atoms with Crippen LogP contribution in [-0.2, 0) is 9.68 Å². The Morgan fingerprint density at radius 3 is 2.45 bits per heavy atom. The van der Waals surface area contributed by atoms with Crippen molar-refractivity contribution in [1.29, 1.82) is 0 Å². The summed E-state index contributed by atoms with van der Waals surface area (Å²) in [7, 11) is 0. The summed E-state index contributed by atoms with van der Waals surface area (Å²) in [6, 6.07) is 0. The highest BCUT2D eigenvalue weighted by molar-refractivity contribution is 4.64. The zero-order valence-corrected chi connectivity index (χ0v) is 7.52. The van der Waals surface area contributed by atoms with E-state index in [0.717, 1.165) is 12.8 Å². The standard InChI is InChI=1S/C8H17FO2/c1-4-5-6-10-7-8(2,3)11-9/h4-7H2,1-3H3. The quantitative estimate of drug-likeness (QED) is 0.561. The highest BCUT2D eigenvalue weighted by Gasteiger charge is 2.19. The average molecular weight is 164 g/mol. The van der Waals surface area contributed by atoms with Crippen molar-refractivity contribution >= 4 is 0 Å². The summed E-state index contributed by atoms with van der Waals surface area (Å²) in [5.74, 6) is 0. The highest BCUT2D eigenvalue weighted by atomic mass is 19.3. The lowest BCUT2D eigenvalue weighted by atomic mass is 10.2. The van der Waals surface area contributed by atoms with Gasteiger partial charge in [-0.3, -0.25) is 0 Å². The summed E-state index contributed by atoms with van der Waals surface area (Å²) in [6.45, 7) is 6.38. The van der Waals surface area contributed by atoms with Gasteiger partial charge in [0.2, 0.25) is 0 Å². The Morgan fingerprint density at radius 1 is 1.36 bits per heavy atom. The molecule has 0 amide bonds. The van der Waals surface area contributed by atoms with Gasteiger partial charge in [-0.2, -0.15) is 4.94 Å². The van der Waals surface area contributed by atoms with E-state index in [-0.39, 0.29) is 0 Å². The molecule has 0 aliphatic rings. The van der Waals surface area contributed by atoms with E-state index < -0.39 is 5.60 Å². The molecule has 3 heteroatoms. The Hall–Kier alpha value is -0.150. The lowest BCUT2D eigenvalue weighted by Crippen LogP contribution is -2.27. The lowest BCUT2D eigenvalue weighted by Gasteiger charge is -2.18. The molecule has 0 rings (SSSR count). The van der Waals surface area contributed by atoms with E-state index in [0.29, 0.717) is 13.2 Å². The second-order valence-corrected chi connectivity index (χ2v) is 3.24. The van der Waals surface area contributed by atoms with E-state index in [1.54, 1.807) is 13.8 Å². The molecular formula is C8H17FO2. The van der Waals surface area contributed by atoms with Crippen LogP contribution in [0.3, 0.4) is 0 Å². The Balaban J connectivity index is 3.23. The second-order valence-electron chi connectivity index (χ2n) is 3.24. The van der Waals surface area contributed by atoms with Gasteiger partial charge in [0.25, 0.3) is 0 Å². The van der Waals surface area contributed by atoms with Gasteiger partial charge >= 0.3 is 0 Å². The average Bonchev–Trinajstić information content (AvgIpc) is 1.99. The molecule has 0 fully saturated rings. The maximum atomic E-state index is 11.7. The van der Waals surface area contributed by atoms with Gasteiger partial charge in [-0.05, 0) is 24.8 Å². The second kappa shape index (κ2) is 5.49. The normalized spacial score (nSPS) is 12.0. The molecule has 0 heterocycles. The largest absolute Gasteiger partial charge is 0.378 e. The van der Waals surface area contributed by atoms with Crippen LogP contribution in [0.1, 0.15) is 33.6 Å². The summed E-state index contributed by atoms with van der Waals surface area (Å²) < 4.78 is 16.9. The van der Waals surface area contributed by atoms with Crippen molar-refractivity contribution in [2.24, 2.45) is 0 Å². The van der Waals surface area contributed by atoms with E-state index in [1.807, 2.05) is 0 Å². The SMILES string of the molecule is CCCCOCC(C)(C)OF. The molecule has 0 unspecified atom stereocenters. The number of halogens is 1. The Kier molecular flexibility index (Phi) is 5.42. The molecule has 0 atom stereocenters. The summed E-state index contributed by atoms with van der Waals surface area (Å²) in [5.41, 5.74) is -0.798. The predicted octanol–water partition coefficient (Wildman–Crippen LogP) is 2.48. The Bertz CT molecular complexity index is 94.1.